The van der Waals surface area contributed by atoms with Crippen LogP contribution < -0.4 is 9.41 Å². The van der Waals surface area contributed by atoms with Crippen molar-refractivity contribution in [1.29, 1.82) is 0 Å². The van der Waals surface area contributed by atoms with Crippen LogP contribution in [0, 0.1) is 0 Å². The first-order valence-electron chi connectivity index (χ1n) is 2.09. The van der Waals surface area contributed by atoms with Gasteiger partial charge in [-0.25, -0.2) is 0 Å². The first kappa shape index (κ1) is 16.3. The number of carbonyl (C=O) groups excluding carboxylic acids is 1. The van der Waals surface area contributed by atoms with Gasteiger partial charge in [-0.1, -0.05) is 0 Å². The zero-order chi connectivity index (χ0) is 6.41. The molecule has 0 spiro atoms. The van der Waals surface area contributed by atoms with E-state index in [2.05, 4.69) is 28.6 Å². The number of halogens is 2. The maximum Gasteiger partial charge on any atom is -1.00 e. The first-order chi connectivity index (χ1) is 3.89. The molecule has 0 aliphatic heterocycles. The minimum Gasteiger partial charge on any atom is -1.00 e. The molecule has 0 atom stereocenters. The molecule has 0 saturated carbocycles. The minimum atomic E-state index is 0. The van der Waals surface area contributed by atoms with E-state index in [4.69, 9.17) is 4.79 Å². The molecule has 0 amide bonds. The topological polar surface area (TPSA) is 17.1 Å². The van der Waals surface area contributed by atoms with Crippen molar-refractivity contribution in [2.45, 2.75) is 6.42 Å². The SMILES string of the molecule is [C]=O.[Co+2][C]1=CC=CC1.[F-].[F-]. The van der Waals surface area contributed by atoms with E-state index in [1.165, 1.54) is 0 Å². The fourth-order valence-electron chi connectivity index (χ4n) is 0.412. The third-order valence-electron chi connectivity index (χ3n) is 0.709. The Kier molecular flexibility index (Phi) is 18.4. The van der Waals surface area contributed by atoms with Crippen molar-refractivity contribution in [3.8, 4) is 0 Å². The standard InChI is InChI=1S/C5H5.CO.Co.2FH/c1-2-4-5-3-1;1-2;;;/h1-3H,4H2;;;2*1H/q;;+2;;/p-2. The van der Waals surface area contributed by atoms with Crippen LogP contribution in [0.5, 0.6) is 0 Å². The third kappa shape index (κ3) is 7.52. The van der Waals surface area contributed by atoms with Crippen molar-refractivity contribution in [3.05, 3.63) is 22.7 Å². The molecule has 0 N–H and O–H groups in total. The normalized spacial score (nSPS) is 11.5. The molecule has 0 aromatic rings. The Hall–Kier alpha value is -0.484. The Labute approximate surface area is 66.5 Å². The van der Waals surface area contributed by atoms with Crippen molar-refractivity contribution in [2.24, 2.45) is 0 Å². The minimum absolute atomic E-state index is 0. The largest absolute Gasteiger partial charge is 1.00 e. The van der Waals surface area contributed by atoms with Crippen molar-refractivity contribution in [2.75, 3.05) is 0 Å². The van der Waals surface area contributed by atoms with Crippen LogP contribution in [0.4, 0.5) is 0 Å². The van der Waals surface area contributed by atoms with Gasteiger partial charge in [0, 0.05) is 0 Å². The van der Waals surface area contributed by atoms with Gasteiger partial charge in [-0.3, -0.25) is 4.79 Å². The molecule has 10 heavy (non-hydrogen) atoms. The summed E-state index contributed by atoms with van der Waals surface area (Å²) >= 11 is 4.14. The van der Waals surface area contributed by atoms with Crippen LogP contribution in [-0.2, 0) is 20.5 Å². The monoisotopic (exact) mass is 190 g/mol. The summed E-state index contributed by atoms with van der Waals surface area (Å²) in [4.78, 5) is 7.50. The molecule has 58 valence electrons. The second-order valence-corrected chi connectivity index (χ2v) is 1.89. The average molecular weight is 190 g/mol. The Bertz CT molecular complexity index is 123. The fraction of sp³-hybridized carbons (Fsp3) is 0.167. The molecular weight excluding hydrogens is 185 g/mol. The summed E-state index contributed by atoms with van der Waals surface area (Å²) in [7, 11) is 0. The van der Waals surface area contributed by atoms with E-state index in [0.717, 1.165) is 10.9 Å². The number of hydrogen-bond donors (Lipinski definition) is 0. The van der Waals surface area contributed by atoms with Gasteiger partial charge in [0.2, 0.25) is 0 Å². The maximum absolute atomic E-state index is 7.50. The number of hydrogen-bond acceptors (Lipinski definition) is 1. The third-order valence-corrected chi connectivity index (χ3v) is 1.10. The molecule has 0 saturated heterocycles. The van der Waals surface area contributed by atoms with E-state index in [1.807, 2.05) is 12.2 Å². The molecule has 4 heteroatoms. The summed E-state index contributed by atoms with van der Waals surface area (Å²) in [6.07, 6.45) is 7.13. The van der Waals surface area contributed by atoms with Crippen LogP contribution in [0.3, 0.4) is 0 Å². The smallest absolute Gasteiger partial charge is 1.00 e. The average Bonchev–Trinajstić information content (AvgIpc) is 2.24. The van der Waals surface area contributed by atoms with Crippen LogP contribution in [0.2, 0.25) is 0 Å². The van der Waals surface area contributed by atoms with E-state index in [-0.39, 0.29) is 9.41 Å². The number of rotatable bonds is 0. The molecular formula is C6H5CoF2O. The Morgan fingerprint density at radius 1 is 1.40 bits per heavy atom. The molecule has 1 rings (SSSR count). The molecule has 0 aromatic carbocycles. The molecule has 0 heterocycles. The molecule has 1 aliphatic carbocycles. The predicted octanol–water partition coefficient (Wildman–Crippen LogP) is -5.01. The molecule has 0 aromatic heterocycles. The Balaban J connectivity index is -0.000000114. The van der Waals surface area contributed by atoms with E-state index < -0.39 is 0 Å². The van der Waals surface area contributed by atoms with Crippen LogP contribution in [0.25, 0.3) is 0 Å². The molecule has 1 nitrogen and oxygen atoms in total. The van der Waals surface area contributed by atoms with Crippen LogP contribution >= 0.6 is 0 Å². The summed E-state index contributed by atoms with van der Waals surface area (Å²) in [6, 6.07) is 0. The second kappa shape index (κ2) is 11.3. The molecule has 0 bridgehead atoms. The van der Waals surface area contributed by atoms with Gasteiger partial charge in [0.05, 0.1) is 0 Å². The zero-order valence-corrected chi connectivity index (χ0v) is 5.98. The summed E-state index contributed by atoms with van der Waals surface area (Å²) < 4.78 is 1.16. The quantitative estimate of drug-likeness (QED) is 0.374. The summed E-state index contributed by atoms with van der Waals surface area (Å²) in [5, 5.41) is 0. The molecule has 1 aliphatic rings. The van der Waals surface area contributed by atoms with Gasteiger partial charge in [0.25, 0.3) is 6.79 Å². The number of allylic oxidation sites excluding steroid dienone is 4. The molecule has 2 radical (unpaired) electrons. The van der Waals surface area contributed by atoms with E-state index in [9.17, 15) is 0 Å². The van der Waals surface area contributed by atoms with Crippen LogP contribution in [0.1, 0.15) is 6.42 Å². The summed E-state index contributed by atoms with van der Waals surface area (Å²) in [6.45, 7) is 4.50. The summed E-state index contributed by atoms with van der Waals surface area (Å²) in [5.41, 5.74) is 0. The molecule has 0 fully saturated rings. The second-order valence-electron chi connectivity index (χ2n) is 1.22. The van der Waals surface area contributed by atoms with E-state index >= 15 is 0 Å². The zero-order valence-electron chi connectivity index (χ0n) is 4.94. The van der Waals surface area contributed by atoms with Gasteiger partial charge >= 0.3 is 44.9 Å². The van der Waals surface area contributed by atoms with Gasteiger partial charge in [-0.05, 0) is 0 Å². The Morgan fingerprint density at radius 2 is 1.90 bits per heavy atom. The van der Waals surface area contributed by atoms with E-state index in [1.54, 1.807) is 0 Å². The summed E-state index contributed by atoms with van der Waals surface area (Å²) in [5.74, 6) is 0. The molecule has 0 unspecified atom stereocenters. The predicted molar refractivity (Wildman–Crippen MR) is 27.5 cm³/mol. The van der Waals surface area contributed by atoms with Crippen LogP contribution in [0.15, 0.2) is 22.7 Å². The van der Waals surface area contributed by atoms with Gasteiger partial charge in [-0.2, -0.15) is 0 Å². The van der Waals surface area contributed by atoms with Gasteiger partial charge in [-0.15, -0.1) is 0 Å². The fourth-order valence-corrected chi connectivity index (χ4v) is 0.634. The van der Waals surface area contributed by atoms with E-state index in [0.29, 0.717) is 0 Å². The van der Waals surface area contributed by atoms with Gasteiger partial charge in [0.15, 0.2) is 0 Å². The van der Waals surface area contributed by atoms with Crippen LogP contribution in [-0.4, -0.2) is 6.79 Å². The van der Waals surface area contributed by atoms with Crippen molar-refractivity contribution < 1.29 is 29.9 Å². The van der Waals surface area contributed by atoms with Crippen molar-refractivity contribution >= 4 is 6.79 Å². The maximum atomic E-state index is 7.50. The Morgan fingerprint density at radius 3 is 2.00 bits per heavy atom. The van der Waals surface area contributed by atoms with Gasteiger partial charge in [0.1, 0.15) is 0 Å². The first-order valence-corrected chi connectivity index (χ1v) is 2.61. The van der Waals surface area contributed by atoms with Crippen molar-refractivity contribution in [3.63, 3.8) is 0 Å². The van der Waals surface area contributed by atoms with Gasteiger partial charge < -0.3 is 9.41 Å². The van der Waals surface area contributed by atoms with Crippen molar-refractivity contribution in [1.82, 2.24) is 0 Å².